The number of rotatable bonds is 60. The standard InChI is InChI=1S/C76H123NO8/c1-6-8-10-12-14-16-18-20-22-24-26-27-28-29-30-31-32-33-34-35-36-37-38-39-40-41-42-43-44-45-46-47-49-51-53-55-57-59-61-63-65-67-74(79)85-72(71-84-76(75(80)81)82-69-68-77(3,4)5)70-83-73(78)66-64-62-60-58-56-54-52-50-48-25-23-21-19-17-15-13-11-9-7-2/h8-11,14-17,20-23,26-27,29-30,32-33,35-36,38-39,41-42,48,50,72,76H,6-7,12-13,18-19,24-25,28,31,34,37,40,43-47,49,51-71H2,1-5H3/p+1/b10-8-,11-9-,16-14-,17-15-,22-20-,23-21-,27-26-,30-29-,33-32-,36-35-,39-38-,42-41-,50-48-. The van der Waals surface area contributed by atoms with Crippen molar-refractivity contribution in [3.8, 4) is 0 Å². The lowest BCUT2D eigenvalue weighted by atomic mass is 10.0. The number of ether oxygens (including phenoxy) is 4. The maximum absolute atomic E-state index is 12.9. The molecule has 0 spiro atoms. The Bertz CT molecular complexity index is 1950. The number of carboxylic acids is 1. The number of aliphatic carboxylic acids is 1. The van der Waals surface area contributed by atoms with Crippen LogP contribution in [0.1, 0.15) is 245 Å². The Labute approximate surface area is 521 Å². The molecule has 0 rings (SSSR count). The van der Waals surface area contributed by atoms with Gasteiger partial charge in [-0.1, -0.05) is 268 Å². The van der Waals surface area contributed by atoms with Crippen molar-refractivity contribution in [2.24, 2.45) is 0 Å². The lowest BCUT2D eigenvalue weighted by Gasteiger charge is -2.25. The van der Waals surface area contributed by atoms with Gasteiger partial charge < -0.3 is 28.5 Å². The van der Waals surface area contributed by atoms with Gasteiger partial charge in [0.2, 0.25) is 0 Å². The van der Waals surface area contributed by atoms with Crippen LogP contribution < -0.4 is 0 Å². The van der Waals surface area contributed by atoms with Crippen LogP contribution in [-0.2, 0) is 33.3 Å². The number of carbonyl (C=O) groups is 3. The van der Waals surface area contributed by atoms with Gasteiger partial charge in [-0.15, -0.1) is 0 Å². The monoisotopic (exact) mass is 1180 g/mol. The number of allylic oxidation sites excluding steroid dienone is 26. The van der Waals surface area contributed by atoms with Gasteiger partial charge in [0, 0.05) is 12.8 Å². The van der Waals surface area contributed by atoms with E-state index in [9.17, 15) is 19.5 Å². The van der Waals surface area contributed by atoms with Crippen LogP contribution >= 0.6 is 0 Å². The molecule has 0 heterocycles. The second kappa shape index (κ2) is 64.9. The molecule has 0 bridgehead atoms. The molecule has 2 atom stereocenters. The number of quaternary nitrogens is 1. The first-order valence-electron chi connectivity index (χ1n) is 33.6. The summed E-state index contributed by atoms with van der Waals surface area (Å²) >= 11 is 0. The zero-order chi connectivity index (χ0) is 61.9. The van der Waals surface area contributed by atoms with Crippen molar-refractivity contribution >= 4 is 17.9 Å². The third-order valence-electron chi connectivity index (χ3n) is 13.8. The van der Waals surface area contributed by atoms with Crippen LogP contribution in [0.3, 0.4) is 0 Å². The topological polar surface area (TPSA) is 108 Å². The summed E-state index contributed by atoms with van der Waals surface area (Å²) in [4.78, 5) is 37.5. The number of carbonyl (C=O) groups excluding carboxylic acids is 2. The Hall–Kier alpha value is -5.09. The minimum atomic E-state index is -1.52. The van der Waals surface area contributed by atoms with Crippen LogP contribution in [-0.4, -0.2) is 87.4 Å². The number of likely N-dealkylation sites (N-methyl/N-ethyl adjacent to an activating group) is 1. The van der Waals surface area contributed by atoms with Crippen molar-refractivity contribution in [3.63, 3.8) is 0 Å². The molecule has 0 aromatic heterocycles. The molecular formula is C76H124NO8+. The molecular weight excluding hydrogens is 1050 g/mol. The minimum Gasteiger partial charge on any atom is -0.477 e. The van der Waals surface area contributed by atoms with Crippen molar-refractivity contribution in [2.45, 2.75) is 257 Å². The highest BCUT2D eigenvalue weighted by atomic mass is 16.7. The molecule has 0 aromatic rings. The van der Waals surface area contributed by atoms with Gasteiger partial charge in [0.15, 0.2) is 6.10 Å². The number of unbranched alkanes of at least 4 members (excludes halogenated alkanes) is 19. The highest BCUT2D eigenvalue weighted by Crippen LogP contribution is 2.16. The second-order valence-corrected chi connectivity index (χ2v) is 23.0. The lowest BCUT2D eigenvalue weighted by Crippen LogP contribution is -2.40. The van der Waals surface area contributed by atoms with Crippen molar-refractivity contribution in [1.29, 1.82) is 0 Å². The number of hydrogen-bond acceptors (Lipinski definition) is 7. The van der Waals surface area contributed by atoms with Gasteiger partial charge in [0.25, 0.3) is 6.29 Å². The van der Waals surface area contributed by atoms with E-state index in [2.05, 4.69) is 172 Å². The molecule has 0 aliphatic rings. The molecule has 0 radical (unpaired) electrons. The van der Waals surface area contributed by atoms with Crippen LogP contribution in [0.5, 0.6) is 0 Å². The van der Waals surface area contributed by atoms with Gasteiger partial charge in [-0.05, 0) is 122 Å². The fourth-order valence-corrected chi connectivity index (χ4v) is 8.70. The predicted molar refractivity (Wildman–Crippen MR) is 363 cm³/mol. The molecule has 0 saturated heterocycles. The lowest BCUT2D eigenvalue weighted by molar-refractivity contribution is -0.870. The molecule has 0 aliphatic heterocycles. The molecule has 2 unspecified atom stereocenters. The zero-order valence-corrected chi connectivity index (χ0v) is 54.7. The van der Waals surface area contributed by atoms with E-state index in [1.54, 1.807) is 0 Å². The summed E-state index contributed by atoms with van der Waals surface area (Å²) in [6.45, 7) is 4.62. The third kappa shape index (κ3) is 66.3. The van der Waals surface area contributed by atoms with Crippen LogP contribution in [0, 0.1) is 0 Å². The molecule has 0 aromatic carbocycles. The molecule has 0 fully saturated rings. The van der Waals surface area contributed by atoms with Crippen LogP contribution in [0.2, 0.25) is 0 Å². The average Bonchev–Trinajstić information content (AvgIpc) is 3.49. The van der Waals surface area contributed by atoms with Gasteiger partial charge >= 0.3 is 17.9 Å². The summed E-state index contributed by atoms with van der Waals surface area (Å²) in [6.07, 6.45) is 93.5. The van der Waals surface area contributed by atoms with Gasteiger partial charge in [0.05, 0.1) is 34.4 Å². The van der Waals surface area contributed by atoms with Crippen molar-refractivity contribution in [1.82, 2.24) is 0 Å². The molecule has 0 amide bonds. The van der Waals surface area contributed by atoms with E-state index in [4.69, 9.17) is 18.9 Å². The highest BCUT2D eigenvalue weighted by molar-refractivity contribution is 5.71. The summed E-state index contributed by atoms with van der Waals surface area (Å²) in [6, 6.07) is 0. The smallest absolute Gasteiger partial charge is 0.361 e. The quantitative estimate of drug-likeness (QED) is 0.0211. The van der Waals surface area contributed by atoms with E-state index in [0.29, 0.717) is 17.4 Å². The Morgan fingerprint density at radius 2 is 0.635 bits per heavy atom. The first-order chi connectivity index (χ1) is 41.6. The van der Waals surface area contributed by atoms with Crippen molar-refractivity contribution < 1.29 is 42.9 Å². The maximum Gasteiger partial charge on any atom is 0.361 e. The van der Waals surface area contributed by atoms with E-state index >= 15 is 0 Å². The van der Waals surface area contributed by atoms with Crippen LogP contribution in [0.4, 0.5) is 0 Å². The Kier molecular flexibility index (Phi) is 61.0. The Morgan fingerprint density at radius 3 is 0.941 bits per heavy atom. The van der Waals surface area contributed by atoms with Gasteiger partial charge in [-0.3, -0.25) is 9.59 Å². The minimum absolute atomic E-state index is 0.178. The zero-order valence-electron chi connectivity index (χ0n) is 54.7. The second-order valence-electron chi connectivity index (χ2n) is 23.0. The first-order valence-corrected chi connectivity index (χ1v) is 33.6. The molecule has 1 N–H and O–H groups in total. The average molecular weight is 1180 g/mol. The normalized spacial score (nSPS) is 13.8. The van der Waals surface area contributed by atoms with E-state index < -0.39 is 24.3 Å². The molecule has 480 valence electrons. The largest absolute Gasteiger partial charge is 0.477 e. The van der Waals surface area contributed by atoms with Gasteiger partial charge in [-0.25, -0.2) is 4.79 Å². The first kappa shape index (κ1) is 79.9. The Balaban J connectivity index is 4.13. The molecule has 0 aliphatic carbocycles. The number of nitrogens with zero attached hydrogens (tertiary/aromatic N) is 1. The number of esters is 2. The van der Waals surface area contributed by atoms with Gasteiger partial charge in [-0.2, -0.15) is 0 Å². The molecule has 85 heavy (non-hydrogen) atoms. The molecule has 0 saturated carbocycles. The summed E-state index contributed by atoms with van der Waals surface area (Å²) in [5, 5.41) is 9.73. The number of hydrogen-bond donors (Lipinski definition) is 1. The summed E-state index contributed by atoms with van der Waals surface area (Å²) in [7, 11) is 5.96. The summed E-state index contributed by atoms with van der Waals surface area (Å²) in [5.74, 6) is -2.04. The van der Waals surface area contributed by atoms with E-state index in [-0.39, 0.29) is 38.6 Å². The third-order valence-corrected chi connectivity index (χ3v) is 13.8. The fourth-order valence-electron chi connectivity index (χ4n) is 8.70. The SMILES string of the molecule is CC/C=C\C/C=C\C/C=C\C/C=C\C/C=C\C/C=C\C/C=C\C/C=C\C/C=C\CCCCCCCCCCCCCCCC(=O)OC(COC(=O)CCCCCCCC/C=C\C/C=C\C/C=C\C/C=C\CC)COC(OCC[N+](C)(C)C)C(=O)O. The molecule has 9 heteroatoms. The van der Waals surface area contributed by atoms with E-state index in [1.165, 1.54) is 70.6 Å². The predicted octanol–water partition coefficient (Wildman–Crippen LogP) is 20.9. The van der Waals surface area contributed by atoms with Crippen molar-refractivity contribution in [2.75, 3.05) is 47.5 Å². The van der Waals surface area contributed by atoms with Crippen molar-refractivity contribution in [3.05, 3.63) is 158 Å². The van der Waals surface area contributed by atoms with E-state index in [0.717, 1.165) is 141 Å². The molecule has 9 nitrogen and oxygen atoms in total. The Morgan fingerprint density at radius 1 is 0.353 bits per heavy atom. The highest BCUT2D eigenvalue weighted by Gasteiger charge is 2.25. The summed E-state index contributed by atoms with van der Waals surface area (Å²) < 4.78 is 22.9. The number of carboxylic acid groups (broad SMARTS) is 1. The van der Waals surface area contributed by atoms with Gasteiger partial charge in [0.1, 0.15) is 13.2 Å². The fraction of sp³-hybridized carbons (Fsp3) is 0.618. The summed E-state index contributed by atoms with van der Waals surface area (Å²) in [5.41, 5.74) is 0. The van der Waals surface area contributed by atoms with Crippen LogP contribution in [0.25, 0.3) is 0 Å². The van der Waals surface area contributed by atoms with E-state index in [1.807, 2.05) is 21.1 Å². The van der Waals surface area contributed by atoms with Crippen LogP contribution in [0.15, 0.2) is 158 Å². The maximum atomic E-state index is 12.9.